The van der Waals surface area contributed by atoms with Crippen molar-refractivity contribution < 1.29 is 24.5 Å². The highest BCUT2D eigenvalue weighted by Crippen LogP contribution is 2.54. The zero-order valence-electron chi connectivity index (χ0n) is 12.3. The van der Waals surface area contributed by atoms with E-state index < -0.39 is 17.7 Å². The van der Waals surface area contributed by atoms with Crippen molar-refractivity contribution in [2.45, 2.75) is 64.1 Å². The monoisotopic (exact) mass is 284 g/mol. The van der Waals surface area contributed by atoms with Crippen molar-refractivity contribution in [2.24, 2.45) is 23.7 Å². The summed E-state index contributed by atoms with van der Waals surface area (Å²) < 4.78 is 10.9. The summed E-state index contributed by atoms with van der Waals surface area (Å²) in [5.41, 5.74) is -1.18. The predicted octanol–water partition coefficient (Wildman–Crippen LogP) is 1.42. The van der Waals surface area contributed by atoms with Gasteiger partial charge in [-0.3, -0.25) is 4.79 Å². The Morgan fingerprint density at radius 3 is 2.55 bits per heavy atom. The largest absolute Gasteiger partial charge is 0.432 e. The molecule has 2 saturated heterocycles. The van der Waals surface area contributed by atoms with Gasteiger partial charge in [0.25, 0.3) is 0 Å². The lowest BCUT2D eigenvalue weighted by Gasteiger charge is -2.54. The third-order valence-electron chi connectivity index (χ3n) is 5.66. The lowest BCUT2D eigenvalue weighted by atomic mass is 9.58. The van der Waals surface area contributed by atoms with Crippen molar-refractivity contribution in [1.82, 2.24) is 0 Å². The minimum absolute atomic E-state index is 0.00391. The van der Waals surface area contributed by atoms with Crippen LogP contribution in [0.3, 0.4) is 0 Å². The molecule has 3 fully saturated rings. The Balaban J connectivity index is 2.05. The molecule has 5 nitrogen and oxygen atoms in total. The summed E-state index contributed by atoms with van der Waals surface area (Å²) in [4.78, 5) is 12.0. The maximum Gasteiger partial charge on any atom is 0.311 e. The van der Waals surface area contributed by atoms with Gasteiger partial charge in [-0.2, -0.15) is 0 Å². The molecule has 5 heteroatoms. The van der Waals surface area contributed by atoms with Gasteiger partial charge in [0, 0.05) is 12.3 Å². The van der Waals surface area contributed by atoms with Gasteiger partial charge >= 0.3 is 5.97 Å². The van der Waals surface area contributed by atoms with Crippen molar-refractivity contribution in [2.75, 3.05) is 0 Å². The summed E-state index contributed by atoms with van der Waals surface area (Å²) >= 11 is 0. The quantitative estimate of drug-likeness (QED) is 0.658. The molecule has 1 aliphatic carbocycles. The van der Waals surface area contributed by atoms with Crippen LogP contribution in [0.4, 0.5) is 0 Å². The first-order valence-electron chi connectivity index (χ1n) is 7.59. The Bertz CT molecular complexity index is 420. The molecule has 3 aliphatic rings. The van der Waals surface area contributed by atoms with Gasteiger partial charge in [-0.15, -0.1) is 0 Å². The summed E-state index contributed by atoms with van der Waals surface area (Å²) in [7, 11) is 0. The Morgan fingerprint density at radius 2 is 1.85 bits per heavy atom. The van der Waals surface area contributed by atoms with E-state index in [2.05, 4.69) is 6.92 Å². The molecule has 3 unspecified atom stereocenters. The molecule has 2 heterocycles. The molecule has 0 aromatic carbocycles. The van der Waals surface area contributed by atoms with E-state index in [1.807, 2.05) is 6.92 Å². The third kappa shape index (κ3) is 1.90. The molecular weight excluding hydrogens is 260 g/mol. The topological polar surface area (TPSA) is 76.0 Å². The fourth-order valence-electron chi connectivity index (χ4n) is 4.42. The minimum Gasteiger partial charge on any atom is -0.432 e. The number of rotatable bonds is 0. The molecule has 0 radical (unpaired) electrons. The minimum atomic E-state index is -1.36. The van der Waals surface area contributed by atoms with Crippen LogP contribution >= 0.6 is 0 Å². The van der Waals surface area contributed by atoms with Crippen LogP contribution in [0.2, 0.25) is 0 Å². The van der Waals surface area contributed by atoms with Crippen LogP contribution in [0.1, 0.15) is 46.5 Å². The standard InChI is InChI=1S/C15H24O5/c1-8-4-5-11-9(2)12(16)19-13-15(11,18)10(8)6-7-14(3,17)20-13/h8-11,13,17-18H,4-7H2,1-3H3/t8-,9-,10?,11?,13-,14?,15-/m1/s1. The van der Waals surface area contributed by atoms with E-state index in [9.17, 15) is 15.0 Å². The van der Waals surface area contributed by atoms with Crippen LogP contribution in [0, 0.1) is 23.7 Å². The van der Waals surface area contributed by atoms with Crippen molar-refractivity contribution in [3.05, 3.63) is 0 Å². The van der Waals surface area contributed by atoms with Gasteiger partial charge in [0.05, 0.1) is 5.92 Å². The van der Waals surface area contributed by atoms with Crippen molar-refractivity contribution in [3.8, 4) is 0 Å². The van der Waals surface area contributed by atoms with Gasteiger partial charge in [-0.25, -0.2) is 0 Å². The number of hydrogen-bond acceptors (Lipinski definition) is 5. The highest BCUT2D eigenvalue weighted by atomic mass is 16.8. The Kier molecular flexibility index (Phi) is 3.16. The first-order valence-corrected chi connectivity index (χ1v) is 7.59. The molecule has 0 aromatic heterocycles. The van der Waals surface area contributed by atoms with E-state index in [0.29, 0.717) is 18.8 Å². The summed E-state index contributed by atoms with van der Waals surface area (Å²) in [6.45, 7) is 5.51. The number of ether oxygens (including phenoxy) is 2. The van der Waals surface area contributed by atoms with Gasteiger partial charge in [0.2, 0.25) is 6.29 Å². The van der Waals surface area contributed by atoms with Gasteiger partial charge < -0.3 is 19.7 Å². The fraction of sp³-hybridized carbons (Fsp3) is 0.933. The van der Waals surface area contributed by atoms with Crippen molar-refractivity contribution >= 4 is 5.97 Å². The van der Waals surface area contributed by atoms with Gasteiger partial charge in [0.1, 0.15) is 5.60 Å². The lowest BCUT2D eigenvalue weighted by Crippen LogP contribution is -2.65. The van der Waals surface area contributed by atoms with Crippen LogP contribution in [-0.2, 0) is 14.3 Å². The lowest BCUT2D eigenvalue weighted by molar-refractivity contribution is -0.346. The van der Waals surface area contributed by atoms with Crippen LogP contribution in [0.15, 0.2) is 0 Å². The van der Waals surface area contributed by atoms with Gasteiger partial charge in [0.15, 0.2) is 5.79 Å². The second-order valence-corrected chi connectivity index (χ2v) is 7.04. The molecule has 2 aliphatic heterocycles. The van der Waals surface area contributed by atoms with Gasteiger partial charge in [-0.05, 0) is 38.0 Å². The number of esters is 1. The smallest absolute Gasteiger partial charge is 0.311 e. The maximum absolute atomic E-state index is 12.0. The molecule has 0 aromatic rings. The van der Waals surface area contributed by atoms with Crippen molar-refractivity contribution in [3.63, 3.8) is 0 Å². The molecule has 20 heavy (non-hydrogen) atoms. The highest BCUT2D eigenvalue weighted by Gasteiger charge is 2.63. The normalized spacial score (nSPS) is 55.6. The van der Waals surface area contributed by atoms with E-state index in [4.69, 9.17) is 9.47 Å². The summed E-state index contributed by atoms with van der Waals surface area (Å²) in [6, 6.07) is 0. The Labute approximate surface area is 119 Å². The van der Waals surface area contributed by atoms with Crippen LogP contribution in [0.25, 0.3) is 0 Å². The SMILES string of the molecule is C[C@@H]1CCC2[C@@H](C)C(=O)O[C@@H]3OC(C)(O)CCC1[C@@]23O. The van der Waals surface area contributed by atoms with Crippen LogP contribution in [-0.4, -0.2) is 33.9 Å². The summed E-state index contributed by atoms with van der Waals surface area (Å²) in [5.74, 6) is -1.84. The molecule has 2 N–H and O–H groups in total. The molecule has 1 saturated carbocycles. The fourth-order valence-corrected chi connectivity index (χ4v) is 4.42. The van der Waals surface area contributed by atoms with Crippen LogP contribution in [0.5, 0.6) is 0 Å². The molecule has 3 rings (SSSR count). The second kappa shape index (κ2) is 4.42. The molecule has 0 spiro atoms. The number of hydrogen-bond donors (Lipinski definition) is 2. The second-order valence-electron chi connectivity index (χ2n) is 7.04. The molecular formula is C15H24O5. The summed E-state index contributed by atoms with van der Waals surface area (Å²) in [5, 5.41) is 21.6. The third-order valence-corrected chi connectivity index (χ3v) is 5.66. The predicted molar refractivity (Wildman–Crippen MR) is 70.3 cm³/mol. The van der Waals surface area contributed by atoms with E-state index >= 15 is 0 Å². The molecule has 0 amide bonds. The van der Waals surface area contributed by atoms with Gasteiger partial charge in [-0.1, -0.05) is 13.8 Å². The zero-order chi connectivity index (χ0) is 14.7. The number of aliphatic hydroxyl groups is 2. The first kappa shape index (κ1) is 14.3. The van der Waals surface area contributed by atoms with E-state index in [-0.39, 0.29) is 23.7 Å². The highest BCUT2D eigenvalue weighted by molar-refractivity contribution is 5.74. The van der Waals surface area contributed by atoms with E-state index in [1.54, 1.807) is 6.92 Å². The number of carbonyl (C=O) groups is 1. The number of carbonyl (C=O) groups excluding carboxylic acids is 1. The first-order chi connectivity index (χ1) is 9.25. The molecule has 0 bridgehead atoms. The van der Waals surface area contributed by atoms with E-state index in [0.717, 1.165) is 12.8 Å². The Hall–Kier alpha value is -0.650. The van der Waals surface area contributed by atoms with E-state index in [1.165, 1.54) is 0 Å². The molecule has 114 valence electrons. The summed E-state index contributed by atoms with van der Waals surface area (Å²) in [6.07, 6.45) is 1.86. The Morgan fingerprint density at radius 1 is 1.15 bits per heavy atom. The zero-order valence-corrected chi connectivity index (χ0v) is 12.3. The van der Waals surface area contributed by atoms with Crippen molar-refractivity contribution in [1.29, 1.82) is 0 Å². The average molecular weight is 284 g/mol. The maximum atomic E-state index is 12.0. The molecule has 7 atom stereocenters. The van der Waals surface area contributed by atoms with Crippen LogP contribution < -0.4 is 0 Å². The average Bonchev–Trinajstić information content (AvgIpc) is 2.44.